The van der Waals surface area contributed by atoms with Crippen LogP contribution in [0.5, 0.6) is 0 Å². The van der Waals surface area contributed by atoms with Crippen molar-refractivity contribution in [3.05, 3.63) is 23.8 Å². The first-order valence-corrected chi connectivity index (χ1v) is 7.89. The predicted octanol–water partition coefficient (Wildman–Crippen LogP) is 3.03. The van der Waals surface area contributed by atoms with Gasteiger partial charge in [0.2, 0.25) is 0 Å². The standard InChI is InChI=1S/C17H27N3O/c1-4-12-6-5-7-14(10-12)19-17(21)13-8-9-16(20(2)3)15(18)11-13/h8-9,11-12,14H,4-7,10,18H2,1-3H3,(H,19,21). The average molecular weight is 289 g/mol. The van der Waals surface area contributed by atoms with Gasteiger partial charge >= 0.3 is 0 Å². The van der Waals surface area contributed by atoms with Gasteiger partial charge in [0.15, 0.2) is 0 Å². The van der Waals surface area contributed by atoms with Crippen LogP contribution in [0.4, 0.5) is 11.4 Å². The highest BCUT2D eigenvalue weighted by atomic mass is 16.1. The molecule has 1 aliphatic rings. The molecular formula is C17H27N3O. The van der Waals surface area contributed by atoms with Crippen LogP contribution in [0.3, 0.4) is 0 Å². The van der Waals surface area contributed by atoms with Crippen molar-refractivity contribution in [3.63, 3.8) is 0 Å². The highest BCUT2D eigenvalue weighted by Gasteiger charge is 2.22. The van der Waals surface area contributed by atoms with Crippen molar-refractivity contribution in [1.29, 1.82) is 0 Å². The zero-order valence-corrected chi connectivity index (χ0v) is 13.4. The van der Waals surface area contributed by atoms with Crippen LogP contribution in [0.1, 0.15) is 49.4 Å². The molecule has 1 amide bonds. The van der Waals surface area contributed by atoms with Crippen LogP contribution in [0.25, 0.3) is 0 Å². The first kappa shape index (κ1) is 15.7. The summed E-state index contributed by atoms with van der Waals surface area (Å²) >= 11 is 0. The van der Waals surface area contributed by atoms with Gasteiger partial charge < -0.3 is 16.0 Å². The smallest absolute Gasteiger partial charge is 0.251 e. The van der Waals surface area contributed by atoms with E-state index in [2.05, 4.69) is 12.2 Å². The van der Waals surface area contributed by atoms with E-state index in [1.54, 1.807) is 6.07 Å². The number of nitrogens with two attached hydrogens (primary N) is 1. The second-order valence-electron chi connectivity index (χ2n) is 6.28. The molecule has 0 aliphatic heterocycles. The van der Waals surface area contributed by atoms with Gasteiger partial charge in [-0.15, -0.1) is 0 Å². The molecule has 4 nitrogen and oxygen atoms in total. The summed E-state index contributed by atoms with van der Waals surface area (Å²) < 4.78 is 0. The molecule has 3 N–H and O–H groups in total. The van der Waals surface area contributed by atoms with E-state index < -0.39 is 0 Å². The number of rotatable bonds is 4. The fraction of sp³-hybridized carbons (Fsp3) is 0.588. The third-order valence-electron chi connectivity index (χ3n) is 4.47. The quantitative estimate of drug-likeness (QED) is 0.838. The van der Waals surface area contributed by atoms with Crippen LogP contribution in [-0.4, -0.2) is 26.0 Å². The molecule has 1 aromatic rings. The van der Waals surface area contributed by atoms with Crippen molar-refractivity contribution in [2.75, 3.05) is 24.7 Å². The summed E-state index contributed by atoms with van der Waals surface area (Å²) in [5.41, 5.74) is 8.25. The SMILES string of the molecule is CCC1CCCC(NC(=O)c2ccc(N(C)C)c(N)c2)C1. The molecule has 2 atom stereocenters. The van der Waals surface area contributed by atoms with E-state index in [1.165, 1.54) is 19.3 Å². The Kier molecular flexibility index (Phi) is 5.10. The largest absolute Gasteiger partial charge is 0.397 e. The highest BCUT2D eigenvalue weighted by Crippen LogP contribution is 2.27. The number of benzene rings is 1. The molecule has 1 saturated carbocycles. The van der Waals surface area contributed by atoms with E-state index in [9.17, 15) is 4.79 Å². The predicted molar refractivity (Wildman–Crippen MR) is 88.7 cm³/mol. The summed E-state index contributed by atoms with van der Waals surface area (Å²) in [4.78, 5) is 14.3. The van der Waals surface area contributed by atoms with E-state index in [-0.39, 0.29) is 5.91 Å². The average Bonchev–Trinajstić information content (AvgIpc) is 2.46. The van der Waals surface area contributed by atoms with Gasteiger partial charge in [-0.2, -0.15) is 0 Å². The second kappa shape index (κ2) is 6.83. The van der Waals surface area contributed by atoms with Crippen LogP contribution in [0.15, 0.2) is 18.2 Å². The van der Waals surface area contributed by atoms with Crippen molar-refractivity contribution in [3.8, 4) is 0 Å². The maximum Gasteiger partial charge on any atom is 0.251 e. The van der Waals surface area contributed by atoms with Gasteiger partial charge in [-0.05, 0) is 37.0 Å². The number of hydrogen-bond donors (Lipinski definition) is 2. The van der Waals surface area contributed by atoms with Gasteiger partial charge in [-0.25, -0.2) is 0 Å². The number of carbonyl (C=O) groups excluding carboxylic acids is 1. The summed E-state index contributed by atoms with van der Waals surface area (Å²) in [6.07, 6.45) is 5.91. The number of anilines is 2. The molecule has 4 heteroatoms. The molecule has 2 rings (SSSR count). The van der Waals surface area contributed by atoms with Crippen LogP contribution in [0, 0.1) is 5.92 Å². The Bertz CT molecular complexity index is 499. The first-order valence-electron chi connectivity index (χ1n) is 7.89. The molecule has 21 heavy (non-hydrogen) atoms. The van der Waals surface area contributed by atoms with Crippen LogP contribution < -0.4 is 16.0 Å². The third-order valence-corrected chi connectivity index (χ3v) is 4.47. The van der Waals surface area contributed by atoms with E-state index in [0.29, 0.717) is 17.3 Å². The van der Waals surface area contributed by atoms with Gasteiger partial charge in [0.1, 0.15) is 0 Å². The lowest BCUT2D eigenvalue weighted by atomic mass is 9.84. The number of hydrogen-bond acceptors (Lipinski definition) is 3. The fourth-order valence-electron chi connectivity index (χ4n) is 3.16. The summed E-state index contributed by atoms with van der Waals surface area (Å²) in [7, 11) is 3.89. The van der Waals surface area contributed by atoms with Crippen molar-refractivity contribution >= 4 is 17.3 Å². The van der Waals surface area contributed by atoms with Crippen LogP contribution >= 0.6 is 0 Å². The first-order chi connectivity index (χ1) is 10.0. The summed E-state index contributed by atoms with van der Waals surface area (Å²) in [6.45, 7) is 2.23. The molecule has 116 valence electrons. The second-order valence-corrected chi connectivity index (χ2v) is 6.28. The maximum atomic E-state index is 12.4. The Morgan fingerprint density at radius 1 is 1.38 bits per heavy atom. The lowest BCUT2D eigenvalue weighted by molar-refractivity contribution is 0.0919. The molecular weight excluding hydrogens is 262 g/mol. The van der Waals surface area contributed by atoms with Crippen molar-refractivity contribution in [1.82, 2.24) is 5.32 Å². The molecule has 0 radical (unpaired) electrons. The van der Waals surface area contributed by atoms with E-state index in [1.807, 2.05) is 31.1 Å². The number of carbonyl (C=O) groups is 1. The minimum Gasteiger partial charge on any atom is -0.397 e. The minimum atomic E-state index is -0.00578. The van der Waals surface area contributed by atoms with E-state index >= 15 is 0 Å². The monoisotopic (exact) mass is 289 g/mol. The van der Waals surface area contributed by atoms with E-state index in [4.69, 9.17) is 5.73 Å². The van der Waals surface area contributed by atoms with E-state index in [0.717, 1.165) is 24.4 Å². The Hall–Kier alpha value is -1.71. The fourth-order valence-corrected chi connectivity index (χ4v) is 3.16. The number of nitrogen functional groups attached to an aromatic ring is 1. The molecule has 1 aliphatic carbocycles. The van der Waals surface area contributed by atoms with Gasteiger partial charge in [-0.1, -0.05) is 26.2 Å². The summed E-state index contributed by atoms with van der Waals surface area (Å²) in [5, 5.41) is 3.17. The lowest BCUT2D eigenvalue weighted by Crippen LogP contribution is -2.38. The number of nitrogens with zero attached hydrogens (tertiary/aromatic N) is 1. The maximum absolute atomic E-state index is 12.4. The number of nitrogens with one attached hydrogen (secondary N) is 1. The van der Waals surface area contributed by atoms with Gasteiger partial charge in [-0.3, -0.25) is 4.79 Å². The molecule has 2 unspecified atom stereocenters. The third kappa shape index (κ3) is 3.90. The molecule has 1 fully saturated rings. The Morgan fingerprint density at radius 3 is 2.76 bits per heavy atom. The minimum absolute atomic E-state index is 0.00578. The van der Waals surface area contributed by atoms with Crippen LogP contribution in [0.2, 0.25) is 0 Å². The molecule has 0 aromatic heterocycles. The number of amides is 1. The molecule has 0 heterocycles. The zero-order valence-electron chi connectivity index (χ0n) is 13.4. The normalized spacial score (nSPS) is 21.9. The molecule has 0 bridgehead atoms. The van der Waals surface area contributed by atoms with Gasteiger partial charge in [0.25, 0.3) is 5.91 Å². The molecule has 0 saturated heterocycles. The molecule has 0 spiro atoms. The van der Waals surface area contributed by atoms with Gasteiger partial charge in [0, 0.05) is 25.7 Å². The summed E-state index contributed by atoms with van der Waals surface area (Å²) in [5.74, 6) is 0.749. The molecule has 1 aromatic carbocycles. The topological polar surface area (TPSA) is 58.4 Å². The lowest BCUT2D eigenvalue weighted by Gasteiger charge is -2.29. The van der Waals surface area contributed by atoms with Crippen LogP contribution in [-0.2, 0) is 0 Å². The zero-order chi connectivity index (χ0) is 15.4. The Labute approximate surface area is 127 Å². The summed E-state index contributed by atoms with van der Waals surface area (Å²) in [6, 6.07) is 5.83. The van der Waals surface area contributed by atoms with Gasteiger partial charge in [0.05, 0.1) is 11.4 Å². The Morgan fingerprint density at radius 2 is 2.14 bits per heavy atom. The Balaban J connectivity index is 2.01. The van der Waals surface area contributed by atoms with Crippen molar-refractivity contribution < 1.29 is 4.79 Å². The van der Waals surface area contributed by atoms with Crippen molar-refractivity contribution in [2.24, 2.45) is 5.92 Å². The van der Waals surface area contributed by atoms with Crippen molar-refractivity contribution in [2.45, 2.75) is 45.1 Å². The highest BCUT2D eigenvalue weighted by molar-refractivity contribution is 5.96.